The van der Waals surface area contributed by atoms with Crippen LogP contribution >= 0.6 is 0 Å². The van der Waals surface area contributed by atoms with E-state index in [4.69, 9.17) is 12.8 Å². The molecule has 0 amide bonds. The Hall–Kier alpha value is -1.44. The molecule has 0 unspecified atom stereocenters. The van der Waals surface area contributed by atoms with Crippen LogP contribution in [0.2, 0.25) is 13.1 Å². The Kier molecular flexibility index (Phi) is 2.96. The fraction of sp³-hybridized carbons (Fsp3) is 0.167. The minimum atomic E-state index is -0.866. The molecule has 64 valence electrons. The molecule has 0 radical (unpaired) electrons. The molecule has 1 heteroatoms. The van der Waals surface area contributed by atoms with E-state index in [-0.39, 0.29) is 0 Å². The highest BCUT2D eigenvalue weighted by Crippen LogP contribution is 2.01. The molecular weight excluding hydrogens is 172 g/mol. The summed E-state index contributed by atoms with van der Waals surface area (Å²) in [5, 5.41) is 1.29. The van der Waals surface area contributed by atoms with Gasteiger partial charge >= 0.3 is 0 Å². The number of terminal acetylenes is 2. The molecular formula is C12H12Si. The topological polar surface area (TPSA) is 0 Å². The van der Waals surface area contributed by atoms with E-state index in [9.17, 15) is 0 Å². The first-order valence-electron chi connectivity index (χ1n) is 4.26. The van der Waals surface area contributed by atoms with Crippen molar-refractivity contribution in [3.8, 4) is 24.7 Å². The predicted molar refractivity (Wildman–Crippen MR) is 60.8 cm³/mol. The lowest BCUT2D eigenvalue weighted by atomic mass is 10.1. The van der Waals surface area contributed by atoms with Crippen LogP contribution in [0.4, 0.5) is 0 Å². The Morgan fingerprint density at radius 3 is 2.31 bits per heavy atom. The van der Waals surface area contributed by atoms with Crippen LogP contribution in [0.5, 0.6) is 0 Å². The van der Waals surface area contributed by atoms with Crippen molar-refractivity contribution < 1.29 is 0 Å². The third-order valence-electron chi connectivity index (χ3n) is 2.00. The van der Waals surface area contributed by atoms with Crippen LogP contribution in [0.15, 0.2) is 18.2 Å². The van der Waals surface area contributed by atoms with Crippen LogP contribution in [0.1, 0.15) is 11.1 Å². The van der Waals surface area contributed by atoms with Crippen molar-refractivity contribution in [1.82, 2.24) is 0 Å². The largest absolute Gasteiger partial charge is 0.115 e. The summed E-state index contributed by atoms with van der Waals surface area (Å²) in [5.41, 5.74) is 1.93. The van der Waals surface area contributed by atoms with Crippen molar-refractivity contribution in [2.75, 3.05) is 0 Å². The summed E-state index contributed by atoms with van der Waals surface area (Å²) < 4.78 is 0. The maximum atomic E-state index is 5.40. The molecule has 1 aromatic rings. The highest BCUT2D eigenvalue weighted by Gasteiger charge is 2.05. The van der Waals surface area contributed by atoms with Gasteiger partial charge in [-0.05, 0) is 23.4 Å². The summed E-state index contributed by atoms with van der Waals surface area (Å²) in [6.07, 6.45) is 10.7. The summed E-state index contributed by atoms with van der Waals surface area (Å²) in [4.78, 5) is 0. The predicted octanol–water partition coefficient (Wildman–Crippen LogP) is 1.34. The molecule has 0 nitrogen and oxygen atoms in total. The van der Waals surface area contributed by atoms with Gasteiger partial charge in [-0.15, -0.1) is 12.8 Å². The van der Waals surface area contributed by atoms with E-state index in [0.29, 0.717) is 0 Å². The summed E-state index contributed by atoms with van der Waals surface area (Å²) in [6.45, 7) is 4.49. The average molecular weight is 184 g/mol. The molecule has 1 rings (SSSR count). The van der Waals surface area contributed by atoms with E-state index in [2.05, 4.69) is 24.9 Å². The molecule has 0 fully saturated rings. The van der Waals surface area contributed by atoms with E-state index in [0.717, 1.165) is 11.1 Å². The molecule has 0 heterocycles. The van der Waals surface area contributed by atoms with Crippen molar-refractivity contribution in [3.05, 3.63) is 29.3 Å². The Balaban J connectivity index is 3.30. The molecule has 0 saturated heterocycles. The van der Waals surface area contributed by atoms with Crippen LogP contribution < -0.4 is 5.19 Å². The Bertz CT molecular complexity index is 389. The first-order chi connectivity index (χ1) is 6.19. The molecule has 0 atom stereocenters. The van der Waals surface area contributed by atoms with Crippen LogP contribution in [-0.4, -0.2) is 8.80 Å². The summed E-state index contributed by atoms with van der Waals surface area (Å²) in [6, 6.07) is 5.89. The molecule has 0 N–H and O–H groups in total. The van der Waals surface area contributed by atoms with E-state index in [1.54, 1.807) is 0 Å². The van der Waals surface area contributed by atoms with Gasteiger partial charge in [-0.1, -0.05) is 24.9 Å². The molecule has 1 aromatic carbocycles. The zero-order valence-corrected chi connectivity index (χ0v) is 9.12. The Morgan fingerprint density at radius 2 is 1.85 bits per heavy atom. The van der Waals surface area contributed by atoms with Crippen LogP contribution in [0.3, 0.4) is 0 Å². The lowest BCUT2D eigenvalue weighted by Gasteiger charge is -2.07. The molecule has 0 aliphatic carbocycles. The van der Waals surface area contributed by atoms with Crippen molar-refractivity contribution >= 4 is 14.0 Å². The summed E-state index contributed by atoms with van der Waals surface area (Å²) in [7, 11) is -0.866. The number of benzene rings is 1. The third-order valence-corrected chi connectivity index (χ3v) is 3.72. The monoisotopic (exact) mass is 184 g/mol. The zero-order valence-electron chi connectivity index (χ0n) is 7.96. The van der Waals surface area contributed by atoms with Gasteiger partial charge in [-0.25, -0.2) is 0 Å². The fourth-order valence-electron chi connectivity index (χ4n) is 1.26. The average Bonchev–Trinajstić information content (AvgIpc) is 2.16. The van der Waals surface area contributed by atoms with Crippen molar-refractivity contribution in [2.24, 2.45) is 0 Å². The van der Waals surface area contributed by atoms with Crippen molar-refractivity contribution in [2.45, 2.75) is 13.1 Å². The maximum Gasteiger partial charge on any atom is 0.0664 e. The molecule has 0 saturated carbocycles. The first kappa shape index (κ1) is 9.64. The van der Waals surface area contributed by atoms with E-state index >= 15 is 0 Å². The second-order valence-electron chi connectivity index (χ2n) is 3.25. The quantitative estimate of drug-likeness (QED) is 0.456. The van der Waals surface area contributed by atoms with E-state index in [1.807, 2.05) is 18.2 Å². The van der Waals surface area contributed by atoms with Gasteiger partial charge in [-0.2, -0.15) is 0 Å². The highest BCUT2D eigenvalue weighted by molar-refractivity contribution is 6.71. The third kappa shape index (κ3) is 2.02. The van der Waals surface area contributed by atoms with Gasteiger partial charge in [0, 0.05) is 11.1 Å². The van der Waals surface area contributed by atoms with E-state index in [1.165, 1.54) is 5.19 Å². The molecule has 0 bridgehead atoms. The van der Waals surface area contributed by atoms with Crippen molar-refractivity contribution in [1.29, 1.82) is 0 Å². The van der Waals surface area contributed by atoms with Crippen LogP contribution in [0.25, 0.3) is 0 Å². The number of hydrogen-bond donors (Lipinski definition) is 0. The maximum absolute atomic E-state index is 5.40. The van der Waals surface area contributed by atoms with Crippen molar-refractivity contribution in [3.63, 3.8) is 0 Å². The van der Waals surface area contributed by atoms with Gasteiger partial charge < -0.3 is 0 Å². The lowest BCUT2D eigenvalue weighted by molar-refractivity contribution is 1.64. The number of hydrogen-bond acceptors (Lipinski definition) is 0. The molecule has 0 aromatic heterocycles. The normalized spacial score (nSPS) is 9.31. The first-order valence-corrected chi connectivity index (χ1v) is 7.15. The second-order valence-corrected chi connectivity index (χ2v) is 6.18. The minimum absolute atomic E-state index is 0.866. The van der Waals surface area contributed by atoms with Gasteiger partial charge in [0.1, 0.15) is 0 Å². The number of rotatable bonds is 1. The summed E-state index contributed by atoms with van der Waals surface area (Å²) in [5.74, 6) is 5.32. The van der Waals surface area contributed by atoms with Crippen LogP contribution in [-0.2, 0) is 0 Å². The molecule has 0 aliphatic heterocycles. The van der Waals surface area contributed by atoms with E-state index < -0.39 is 8.80 Å². The van der Waals surface area contributed by atoms with Gasteiger partial charge in [0.2, 0.25) is 0 Å². The highest BCUT2D eigenvalue weighted by atomic mass is 28.3. The van der Waals surface area contributed by atoms with Gasteiger partial charge in [0.15, 0.2) is 0 Å². The Labute approximate surface area is 81.6 Å². The SMILES string of the molecule is C#Cc1ccc(C#C)c([SiH](C)C)c1. The van der Waals surface area contributed by atoms with Gasteiger partial charge in [0.25, 0.3) is 0 Å². The lowest BCUT2D eigenvalue weighted by Crippen LogP contribution is -2.25. The van der Waals surface area contributed by atoms with Gasteiger partial charge in [-0.3, -0.25) is 0 Å². The Morgan fingerprint density at radius 1 is 1.15 bits per heavy atom. The smallest absolute Gasteiger partial charge is 0.0664 e. The second kappa shape index (κ2) is 3.98. The van der Waals surface area contributed by atoms with Gasteiger partial charge in [0.05, 0.1) is 8.80 Å². The molecule has 13 heavy (non-hydrogen) atoms. The van der Waals surface area contributed by atoms with Crippen LogP contribution in [0, 0.1) is 24.7 Å². The molecule has 0 aliphatic rings. The zero-order chi connectivity index (χ0) is 9.84. The molecule has 0 spiro atoms. The fourth-order valence-corrected chi connectivity index (χ4v) is 2.58. The summed E-state index contributed by atoms with van der Waals surface area (Å²) >= 11 is 0. The standard InChI is InChI=1S/C12H12Si/c1-5-10-7-8-11(6-2)12(9-10)13(3)4/h1-2,7-9,13H,3-4H3. The minimum Gasteiger partial charge on any atom is -0.115 e.